The molecule has 0 aliphatic carbocycles. The van der Waals surface area contributed by atoms with E-state index in [1.807, 2.05) is 67.0 Å². The molecule has 29 heavy (non-hydrogen) atoms. The van der Waals surface area contributed by atoms with Crippen LogP contribution in [0.5, 0.6) is 0 Å². The first-order valence-electron chi connectivity index (χ1n) is 9.33. The van der Waals surface area contributed by atoms with Crippen LogP contribution < -0.4 is 10.6 Å². The lowest BCUT2D eigenvalue weighted by molar-refractivity contribution is -0.118. The average Bonchev–Trinajstić information content (AvgIpc) is 3.46. The van der Waals surface area contributed by atoms with Crippen molar-refractivity contribution in [3.63, 3.8) is 0 Å². The van der Waals surface area contributed by atoms with Crippen molar-refractivity contribution in [2.75, 3.05) is 5.32 Å². The Morgan fingerprint density at radius 1 is 1.07 bits per heavy atom. The molecule has 4 rings (SSSR count). The van der Waals surface area contributed by atoms with Crippen LogP contribution in [0.3, 0.4) is 0 Å². The summed E-state index contributed by atoms with van der Waals surface area (Å²) in [5.74, 6) is -0.0669. The van der Waals surface area contributed by atoms with E-state index >= 15 is 0 Å². The number of H-pyrrole nitrogens is 1. The molecule has 3 N–H and O–H groups in total. The van der Waals surface area contributed by atoms with Crippen LogP contribution in [0, 0.1) is 0 Å². The van der Waals surface area contributed by atoms with Gasteiger partial charge in [-0.3, -0.25) is 14.9 Å². The number of rotatable bonds is 8. The molecule has 2 aromatic heterocycles. The molecule has 2 heterocycles. The van der Waals surface area contributed by atoms with Gasteiger partial charge in [-0.1, -0.05) is 42.5 Å². The van der Waals surface area contributed by atoms with Gasteiger partial charge in [0.25, 0.3) is 0 Å². The van der Waals surface area contributed by atoms with Crippen molar-refractivity contribution in [3.8, 4) is 11.1 Å². The molecule has 0 aliphatic heterocycles. The van der Waals surface area contributed by atoms with Crippen molar-refractivity contribution in [3.05, 3.63) is 89.1 Å². The minimum absolute atomic E-state index is 0.0669. The lowest BCUT2D eigenvalue weighted by atomic mass is 10.0. The quantitative estimate of drug-likeness (QED) is 0.417. The van der Waals surface area contributed by atoms with Gasteiger partial charge in [0.15, 0.2) is 0 Å². The summed E-state index contributed by atoms with van der Waals surface area (Å²) in [6.45, 7) is 0.602. The lowest BCUT2D eigenvalue weighted by Gasteiger charge is -2.18. The highest BCUT2D eigenvalue weighted by Gasteiger charge is 2.19. The Morgan fingerprint density at radius 2 is 1.97 bits per heavy atom. The maximum absolute atomic E-state index is 13.1. The first-order valence-corrected chi connectivity index (χ1v) is 10.2. The van der Waals surface area contributed by atoms with Gasteiger partial charge < -0.3 is 10.6 Å². The van der Waals surface area contributed by atoms with Crippen molar-refractivity contribution in [1.29, 1.82) is 0 Å². The molecule has 0 fully saturated rings. The third-order valence-corrected chi connectivity index (χ3v) is 5.35. The molecule has 146 valence electrons. The Labute approximate surface area is 173 Å². The van der Waals surface area contributed by atoms with Gasteiger partial charge in [0.2, 0.25) is 5.91 Å². The maximum atomic E-state index is 13.1. The Bertz CT molecular complexity index is 1030. The fraction of sp³-hybridized carbons (Fsp3) is 0.136. The van der Waals surface area contributed by atoms with Crippen LogP contribution in [0.1, 0.15) is 10.4 Å². The van der Waals surface area contributed by atoms with E-state index in [1.54, 1.807) is 23.0 Å². The number of thiazole rings is 1. The number of amides is 1. The molecule has 0 radical (unpaired) electrons. The molecule has 7 heteroatoms. The topological polar surface area (TPSA) is 82.7 Å². The standard InChI is InChI=1S/C22H21N5OS/c28-22(27-19-8-4-7-17(10-19)18-11-25-26-12-18)21(9-16-5-2-1-3-6-16)24-14-20-13-23-15-29-20/h1-8,10-13,15,21,24H,9,14H2,(H,25,26)(H,27,28). The summed E-state index contributed by atoms with van der Waals surface area (Å²) in [5, 5.41) is 13.2. The minimum Gasteiger partial charge on any atom is -0.325 e. The van der Waals surface area contributed by atoms with Gasteiger partial charge in [0.05, 0.1) is 17.7 Å². The molecular weight excluding hydrogens is 382 g/mol. The van der Waals surface area contributed by atoms with E-state index in [9.17, 15) is 4.79 Å². The number of aromatic nitrogens is 3. The monoisotopic (exact) mass is 403 g/mol. The molecule has 0 aliphatic rings. The molecule has 6 nitrogen and oxygen atoms in total. The SMILES string of the molecule is O=C(Nc1cccc(-c2cn[nH]c2)c1)C(Cc1ccccc1)NCc1cncs1. The van der Waals surface area contributed by atoms with Gasteiger partial charge in [-0.2, -0.15) is 5.10 Å². The number of aromatic amines is 1. The molecule has 1 atom stereocenters. The van der Waals surface area contributed by atoms with Gasteiger partial charge in [0, 0.05) is 35.1 Å². The Balaban J connectivity index is 1.48. The summed E-state index contributed by atoms with van der Waals surface area (Å²) in [6.07, 6.45) is 6.02. The van der Waals surface area contributed by atoms with E-state index in [1.165, 1.54) is 0 Å². The summed E-state index contributed by atoms with van der Waals surface area (Å²) < 4.78 is 0. The number of hydrogen-bond donors (Lipinski definition) is 3. The Morgan fingerprint density at radius 3 is 2.72 bits per heavy atom. The van der Waals surface area contributed by atoms with Crippen LogP contribution in [0.2, 0.25) is 0 Å². The highest BCUT2D eigenvalue weighted by atomic mass is 32.1. The van der Waals surface area contributed by atoms with Gasteiger partial charge in [-0.25, -0.2) is 0 Å². The molecule has 0 spiro atoms. The number of nitrogens with one attached hydrogen (secondary N) is 3. The number of anilines is 1. The highest BCUT2D eigenvalue weighted by Crippen LogP contribution is 2.21. The predicted molar refractivity (Wildman–Crippen MR) is 116 cm³/mol. The second kappa shape index (κ2) is 9.27. The Kier molecular flexibility index (Phi) is 6.09. The molecular formula is C22H21N5OS. The summed E-state index contributed by atoms with van der Waals surface area (Å²) in [6, 6.07) is 17.4. The van der Waals surface area contributed by atoms with Crippen molar-refractivity contribution in [1.82, 2.24) is 20.5 Å². The zero-order valence-electron chi connectivity index (χ0n) is 15.7. The number of benzene rings is 2. The fourth-order valence-corrected chi connectivity index (χ4v) is 3.62. The summed E-state index contributed by atoms with van der Waals surface area (Å²) in [4.78, 5) is 18.3. The normalized spacial score (nSPS) is 11.9. The van der Waals surface area contributed by atoms with Crippen LogP contribution in [0.4, 0.5) is 5.69 Å². The fourth-order valence-electron chi connectivity index (χ4n) is 3.08. The Hall–Kier alpha value is -3.29. The molecule has 2 aromatic carbocycles. The minimum atomic E-state index is -0.364. The van der Waals surface area contributed by atoms with Crippen molar-refractivity contribution < 1.29 is 4.79 Å². The first-order chi connectivity index (χ1) is 14.3. The molecule has 0 saturated carbocycles. The van der Waals surface area contributed by atoms with Gasteiger partial charge in [-0.15, -0.1) is 11.3 Å². The summed E-state index contributed by atoms with van der Waals surface area (Å²) in [5.41, 5.74) is 5.63. The van der Waals surface area contributed by atoms with E-state index in [-0.39, 0.29) is 11.9 Å². The molecule has 0 bridgehead atoms. The van der Waals surface area contributed by atoms with Crippen molar-refractivity contribution in [2.45, 2.75) is 19.0 Å². The van der Waals surface area contributed by atoms with E-state index in [4.69, 9.17) is 0 Å². The van der Waals surface area contributed by atoms with E-state index in [0.29, 0.717) is 13.0 Å². The van der Waals surface area contributed by atoms with Crippen LogP contribution >= 0.6 is 11.3 Å². The number of carbonyl (C=O) groups is 1. The largest absolute Gasteiger partial charge is 0.325 e. The molecule has 1 unspecified atom stereocenters. The van der Waals surface area contributed by atoms with E-state index < -0.39 is 0 Å². The van der Waals surface area contributed by atoms with Crippen molar-refractivity contribution in [2.24, 2.45) is 0 Å². The third-order valence-electron chi connectivity index (χ3n) is 4.57. The van der Waals surface area contributed by atoms with Gasteiger partial charge >= 0.3 is 0 Å². The van der Waals surface area contributed by atoms with Crippen LogP contribution in [0.15, 0.2) is 78.7 Å². The van der Waals surface area contributed by atoms with Crippen LogP contribution in [-0.2, 0) is 17.8 Å². The van der Waals surface area contributed by atoms with Gasteiger partial charge in [0.1, 0.15) is 0 Å². The van der Waals surface area contributed by atoms with Crippen molar-refractivity contribution >= 4 is 22.9 Å². The molecule has 1 amide bonds. The van der Waals surface area contributed by atoms with Gasteiger partial charge in [-0.05, 0) is 29.7 Å². The lowest BCUT2D eigenvalue weighted by Crippen LogP contribution is -2.41. The number of carbonyl (C=O) groups excluding carboxylic acids is 1. The zero-order chi connectivity index (χ0) is 19.9. The second-order valence-corrected chi connectivity index (χ2v) is 7.62. The second-order valence-electron chi connectivity index (χ2n) is 6.65. The van der Waals surface area contributed by atoms with Crippen LogP contribution in [0.25, 0.3) is 11.1 Å². The average molecular weight is 404 g/mol. The molecule has 0 saturated heterocycles. The summed E-state index contributed by atoms with van der Waals surface area (Å²) in [7, 11) is 0. The highest BCUT2D eigenvalue weighted by molar-refractivity contribution is 7.09. The zero-order valence-corrected chi connectivity index (χ0v) is 16.5. The summed E-state index contributed by atoms with van der Waals surface area (Å²) >= 11 is 1.57. The van der Waals surface area contributed by atoms with E-state index in [2.05, 4.69) is 25.8 Å². The maximum Gasteiger partial charge on any atom is 0.241 e. The van der Waals surface area contributed by atoms with Crippen LogP contribution in [-0.4, -0.2) is 27.1 Å². The van der Waals surface area contributed by atoms with E-state index in [0.717, 1.165) is 27.3 Å². The number of hydrogen-bond acceptors (Lipinski definition) is 5. The predicted octanol–water partition coefficient (Wildman–Crippen LogP) is 3.87. The third kappa shape index (κ3) is 5.16. The smallest absolute Gasteiger partial charge is 0.241 e. The first kappa shape index (κ1) is 19.0. The number of nitrogens with zero attached hydrogens (tertiary/aromatic N) is 2. The molecule has 4 aromatic rings.